The fourth-order valence-electron chi connectivity index (χ4n) is 1.12. The number of hydrogen-bond donors (Lipinski definition) is 1. The van der Waals surface area contributed by atoms with E-state index in [-0.39, 0.29) is 18.9 Å². The fraction of sp³-hybridized carbons (Fsp3) is 0.444. The Morgan fingerprint density at radius 3 is 2.80 bits per heavy atom. The van der Waals surface area contributed by atoms with Crippen molar-refractivity contribution in [2.45, 2.75) is 6.54 Å². The maximum absolute atomic E-state index is 11.5. The second-order valence-electron chi connectivity index (χ2n) is 3.16. The molecule has 0 amide bonds. The lowest BCUT2D eigenvalue weighted by Gasteiger charge is -2.15. The van der Waals surface area contributed by atoms with Crippen LogP contribution in [0.25, 0.3) is 0 Å². The van der Waals surface area contributed by atoms with Crippen molar-refractivity contribution in [2.75, 3.05) is 19.4 Å². The van der Waals surface area contributed by atoms with Gasteiger partial charge in [0.05, 0.1) is 12.4 Å². The second-order valence-corrected chi connectivity index (χ2v) is 5.35. The van der Waals surface area contributed by atoms with Gasteiger partial charge in [0, 0.05) is 26.0 Å². The minimum atomic E-state index is -3.35. The van der Waals surface area contributed by atoms with Gasteiger partial charge in [0.15, 0.2) is 0 Å². The SMILES string of the molecule is CN(Cc1cccnc1)S(=O)(=O)CCO. The summed E-state index contributed by atoms with van der Waals surface area (Å²) in [7, 11) is -1.87. The Bertz CT molecular complexity index is 391. The summed E-state index contributed by atoms with van der Waals surface area (Å²) in [6, 6.07) is 3.56. The van der Waals surface area contributed by atoms with E-state index in [1.165, 1.54) is 11.4 Å². The molecule has 0 radical (unpaired) electrons. The van der Waals surface area contributed by atoms with Gasteiger partial charge in [-0.15, -0.1) is 0 Å². The third-order valence-electron chi connectivity index (χ3n) is 1.95. The number of sulfonamides is 1. The van der Waals surface area contributed by atoms with Crippen LogP contribution in [0.15, 0.2) is 24.5 Å². The van der Waals surface area contributed by atoms with E-state index in [2.05, 4.69) is 4.98 Å². The van der Waals surface area contributed by atoms with E-state index >= 15 is 0 Å². The lowest BCUT2D eigenvalue weighted by atomic mass is 10.3. The predicted octanol–water partition coefficient (Wildman–Crippen LogP) is -0.165. The predicted molar refractivity (Wildman–Crippen MR) is 56.6 cm³/mol. The highest BCUT2D eigenvalue weighted by molar-refractivity contribution is 7.89. The molecule has 0 atom stereocenters. The fourth-order valence-corrected chi connectivity index (χ4v) is 2.01. The van der Waals surface area contributed by atoms with E-state index < -0.39 is 10.0 Å². The lowest BCUT2D eigenvalue weighted by molar-refractivity contribution is 0.316. The zero-order chi connectivity index (χ0) is 11.3. The Morgan fingerprint density at radius 2 is 2.27 bits per heavy atom. The smallest absolute Gasteiger partial charge is 0.216 e. The monoisotopic (exact) mass is 230 g/mol. The van der Waals surface area contributed by atoms with Crippen LogP contribution in [-0.4, -0.2) is 42.2 Å². The van der Waals surface area contributed by atoms with Gasteiger partial charge < -0.3 is 5.11 Å². The molecule has 0 saturated carbocycles. The van der Waals surface area contributed by atoms with Crippen LogP contribution in [0.1, 0.15) is 5.56 Å². The number of hydrogen-bond acceptors (Lipinski definition) is 4. The molecule has 1 rings (SSSR count). The molecular weight excluding hydrogens is 216 g/mol. The first-order valence-corrected chi connectivity index (χ1v) is 6.11. The molecule has 0 aliphatic rings. The molecule has 1 heterocycles. The quantitative estimate of drug-likeness (QED) is 0.762. The third kappa shape index (κ3) is 3.58. The highest BCUT2D eigenvalue weighted by Gasteiger charge is 2.16. The number of rotatable bonds is 5. The molecule has 5 nitrogen and oxygen atoms in total. The average Bonchev–Trinajstić information content (AvgIpc) is 2.19. The van der Waals surface area contributed by atoms with Crippen molar-refractivity contribution >= 4 is 10.0 Å². The van der Waals surface area contributed by atoms with Crippen LogP contribution in [0.5, 0.6) is 0 Å². The molecule has 1 aromatic rings. The van der Waals surface area contributed by atoms with Crippen LogP contribution in [0.3, 0.4) is 0 Å². The van der Waals surface area contributed by atoms with Gasteiger partial charge in [-0.25, -0.2) is 12.7 Å². The zero-order valence-corrected chi connectivity index (χ0v) is 9.31. The Labute approximate surface area is 89.4 Å². The standard InChI is InChI=1S/C9H14N2O3S/c1-11(15(13,14)6-5-12)8-9-3-2-4-10-7-9/h2-4,7,12H,5-6,8H2,1H3. The van der Waals surface area contributed by atoms with E-state index in [1.807, 2.05) is 0 Å². The summed E-state index contributed by atoms with van der Waals surface area (Å²) in [6.45, 7) is -0.0874. The zero-order valence-electron chi connectivity index (χ0n) is 8.50. The molecular formula is C9H14N2O3S. The van der Waals surface area contributed by atoms with E-state index in [9.17, 15) is 8.42 Å². The third-order valence-corrected chi connectivity index (χ3v) is 3.73. The molecule has 1 aromatic heterocycles. The van der Waals surface area contributed by atoms with Crippen molar-refractivity contribution in [3.05, 3.63) is 30.1 Å². The molecule has 0 saturated heterocycles. The summed E-state index contributed by atoms with van der Waals surface area (Å²) in [5.41, 5.74) is 0.821. The topological polar surface area (TPSA) is 70.5 Å². The molecule has 0 spiro atoms. The molecule has 84 valence electrons. The summed E-state index contributed by atoms with van der Waals surface area (Å²) >= 11 is 0. The highest BCUT2D eigenvalue weighted by atomic mass is 32.2. The molecule has 0 unspecified atom stereocenters. The molecule has 0 aliphatic heterocycles. The molecule has 0 bridgehead atoms. The van der Waals surface area contributed by atoms with Gasteiger partial charge in [-0.3, -0.25) is 4.98 Å². The Hall–Kier alpha value is -0.980. The largest absolute Gasteiger partial charge is 0.395 e. The Morgan fingerprint density at radius 1 is 1.53 bits per heavy atom. The van der Waals surface area contributed by atoms with Gasteiger partial charge in [-0.05, 0) is 11.6 Å². The maximum atomic E-state index is 11.5. The van der Waals surface area contributed by atoms with Crippen molar-refractivity contribution in [1.82, 2.24) is 9.29 Å². The van der Waals surface area contributed by atoms with E-state index in [4.69, 9.17) is 5.11 Å². The minimum Gasteiger partial charge on any atom is -0.395 e. The summed E-state index contributed by atoms with van der Waals surface area (Å²) in [6.07, 6.45) is 3.25. The average molecular weight is 230 g/mol. The van der Waals surface area contributed by atoms with Crippen LogP contribution in [0.2, 0.25) is 0 Å². The second kappa shape index (κ2) is 5.20. The Balaban J connectivity index is 2.68. The van der Waals surface area contributed by atoms with Crippen LogP contribution in [-0.2, 0) is 16.6 Å². The van der Waals surface area contributed by atoms with Gasteiger partial charge in [0.2, 0.25) is 10.0 Å². The van der Waals surface area contributed by atoms with Crippen molar-refractivity contribution in [3.8, 4) is 0 Å². The van der Waals surface area contributed by atoms with E-state index in [1.54, 1.807) is 24.5 Å². The van der Waals surface area contributed by atoms with Gasteiger partial charge in [0.25, 0.3) is 0 Å². The van der Waals surface area contributed by atoms with Gasteiger partial charge in [0.1, 0.15) is 0 Å². The molecule has 6 heteroatoms. The van der Waals surface area contributed by atoms with Crippen molar-refractivity contribution in [3.63, 3.8) is 0 Å². The number of aliphatic hydroxyl groups is 1. The van der Waals surface area contributed by atoms with E-state index in [0.29, 0.717) is 0 Å². The first kappa shape index (κ1) is 12.1. The molecule has 0 aromatic carbocycles. The first-order chi connectivity index (χ1) is 7.06. The minimum absolute atomic E-state index is 0.246. The summed E-state index contributed by atoms with van der Waals surface area (Å²) < 4.78 is 24.2. The number of nitrogens with zero attached hydrogens (tertiary/aromatic N) is 2. The first-order valence-electron chi connectivity index (χ1n) is 4.50. The van der Waals surface area contributed by atoms with Crippen molar-refractivity contribution in [2.24, 2.45) is 0 Å². The number of pyridine rings is 1. The van der Waals surface area contributed by atoms with Gasteiger partial charge in [-0.1, -0.05) is 6.07 Å². The molecule has 1 N–H and O–H groups in total. The van der Waals surface area contributed by atoms with Crippen LogP contribution >= 0.6 is 0 Å². The van der Waals surface area contributed by atoms with Crippen LogP contribution in [0.4, 0.5) is 0 Å². The molecule has 0 fully saturated rings. The summed E-state index contributed by atoms with van der Waals surface area (Å²) in [4.78, 5) is 3.89. The summed E-state index contributed by atoms with van der Waals surface area (Å²) in [5, 5.41) is 8.60. The number of aromatic nitrogens is 1. The van der Waals surface area contributed by atoms with Crippen molar-refractivity contribution < 1.29 is 13.5 Å². The van der Waals surface area contributed by atoms with Crippen molar-refractivity contribution in [1.29, 1.82) is 0 Å². The lowest BCUT2D eigenvalue weighted by Crippen LogP contribution is -2.30. The van der Waals surface area contributed by atoms with Gasteiger partial charge in [-0.2, -0.15) is 0 Å². The molecule has 15 heavy (non-hydrogen) atoms. The maximum Gasteiger partial charge on any atom is 0.216 e. The Kier molecular flexibility index (Phi) is 4.19. The number of aliphatic hydroxyl groups excluding tert-OH is 1. The molecule has 0 aliphatic carbocycles. The van der Waals surface area contributed by atoms with Gasteiger partial charge >= 0.3 is 0 Å². The van der Waals surface area contributed by atoms with Crippen LogP contribution < -0.4 is 0 Å². The highest BCUT2D eigenvalue weighted by Crippen LogP contribution is 2.05. The normalized spacial score (nSPS) is 11.9. The van der Waals surface area contributed by atoms with Crippen LogP contribution in [0, 0.1) is 0 Å². The summed E-state index contributed by atoms with van der Waals surface area (Å²) in [5.74, 6) is -0.246. The van der Waals surface area contributed by atoms with E-state index in [0.717, 1.165) is 5.56 Å².